The number of ether oxygens (including phenoxy) is 2. The first-order valence-corrected chi connectivity index (χ1v) is 40.5. The zero-order chi connectivity index (χ0) is 97.2. The maximum atomic E-state index is 12.1. The molecule has 0 aliphatic heterocycles. The highest BCUT2D eigenvalue weighted by Crippen LogP contribution is 2.37. The molecule has 0 saturated carbocycles. The number of benzene rings is 10. The molecular weight excluding hydrogens is 1760 g/mol. The number of hydrogen-bond acceptors (Lipinski definition) is 15. The van der Waals surface area contributed by atoms with E-state index in [0.29, 0.717) is 60.2 Å². The van der Waals surface area contributed by atoms with E-state index in [-0.39, 0.29) is 63.4 Å². The number of fused-ring (bicyclic) bond motifs is 3. The number of ketones is 11. The molecule has 0 amide bonds. The predicted octanol–water partition coefficient (Wildman–Crippen LogP) is 22.4. The third kappa shape index (κ3) is 39.7. The zero-order valence-electron chi connectivity index (χ0n) is 71.0. The molecule has 0 saturated heterocycles. The van der Waals surface area contributed by atoms with Crippen LogP contribution in [0.15, 0.2) is 287 Å². The van der Waals surface area contributed by atoms with Gasteiger partial charge in [-0.05, 0) is 265 Å². The fraction of sp³-hybridized carbons (Fsp3) is 0.0901. The minimum absolute atomic E-state index is 0.0838. The van der Waals surface area contributed by atoms with Gasteiger partial charge in [-0.3, -0.25) is 52.7 Å². The van der Waals surface area contributed by atoms with Gasteiger partial charge in [0.15, 0.2) is 5.76 Å². The topological polar surface area (TPSA) is 219 Å². The van der Waals surface area contributed by atoms with Crippen molar-refractivity contribution < 1.29 is 79.8 Å². The van der Waals surface area contributed by atoms with Crippen LogP contribution in [0.4, 0.5) is 13.2 Å². The molecule has 131 heavy (non-hydrogen) atoms. The molecule has 12 aromatic rings. The highest BCUT2D eigenvalue weighted by atomic mass is 79.9. The Balaban J connectivity index is 0.000000373. The van der Waals surface area contributed by atoms with Crippen molar-refractivity contribution in [2.75, 3.05) is 13.7 Å². The van der Waals surface area contributed by atoms with Gasteiger partial charge >= 0.3 is 6.18 Å². The molecule has 1 aliphatic carbocycles. The predicted molar refractivity (Wildman–Crippen MR) is 513 cm³/mol. The van der Waals surface area contributed by atoms with Crippen LogP contribution in [0.25, 0.3) is 11.1 Å². The van der Waals surface area contributed by atoms with E-state index < -0.39 is 23.3 Å². The van der Waals surface area contributed by atoms with Crippen LogP contribution < -0.4 is 9.47 Å². The minimum Gasteiger partial charge on any atom is -0.497 e. The smallest absolute Gasteiger partial charge is 0.416 e. The molecule has 14 nitrogen and oxygen atoms in total. The Bertz CT molecular complexity index is 6260. The second-order valence-electron chi connectivity index (χ2n) is 25.9. The molecule has 0 atom stereocenters. The zero-order valence-corrected chi connectivity index (χ0v) is 74.1. The van der Waals surface area contributed by atoms with Crippen molar-refractivity contribution in [2.24, 2.45) is 0 Å². The molecule has 648 valence electrons. The quantitative estimate of drug-likeness (QED) is 0.0358. The largest absolute Gasteiger partial charge is 0.497 e. The molecule has 20 heteroatoms. The fourth-order valence-corrected chi connectivity index (χ4v) is 11.3. The Hall–Kier alpha value is -17.1. The van der Waals surface area contributed by atoms with E-state index in [4.69, 9.17) is 96.1 Å². The first-order chi connectivity index (χ1) is 62.8. The number of carbonyl (C=O) groups excluding carboxylic acids is 11. The Morgan fingerprint density at radius 1 is 0.382 bits per heavy atom. The van der Waals surface area contributed by atoms with E-state index in [2.05, 4.69) is 58.7 Å². The third-order valence-corrected chi connectivity index (χ3v) is 18.4. The number of methoxy groups -OCH3 is 1. The van der Waals surface area contributed by atoms with E-state index in [9.17, 15) is 65.9 Å². The van der Waals surface area contributed by atoms with Gasteiger partial charge in [-0.15, -0.1) is 82.0 Å². The monoisotopic (exact) mass is 1840 g/mol. The lowest BCUT2D eigenvalue weighted by Crippen LogP contribution is -2.05. The number of furan rings is 1. The van der Waals surface area contributed by atoms with Gasteiger partial charge in [-0.25, -0.2) is 0 Å². The number of terminal acetylenes is 11. The molecule has 0 radical (unpaired) electrons. The Kier molecular flexibility index (Phi) is 49.2. The summed E-state index contributed by atoms with van der Waals surface area (Å²) in [6, 6.07) is 74.8. The van der Waals surface area contributed by atoms with E-state index in [1.54, 1.807) is 165 Å². The standard InChI is InChI=1S/C16H10O.C14H16O2.C10H5F3O.C10H8O2.2C10H8O.C9H5BrO.C9H5ClO.C9H6O.C7H4O2.C7H4OS/c1-2-16(17)12-7-8-15-13(10-12)9-11-5-3-4-6-14(11)15;1-3-5-6-11-16-13-9-7-12(8-10-13)14(15)4-2;1-2-9(14)7-3-5-8(6-4-7)10(11,12)13;1-3-10(11)8-4-6-9(12-2)7-5-8;1-3-10(11)9-6-4-8(2)5-7-9;1-3-10(11)9-6-4-5-8(2)7-9;1-2-9(11)7-4-3-5-8(10)6-7;1-2-9(11)7-3-5-8(10)6-4-7;1-2-9(10)8-6-4-3-5-7-8;2*1-2-6(8)7-4-3-5-9-7/h1,3-8,10H,9H2;2,7-10H,3,5-6,11H2,1H3;1,3-6H;1,4-7H,2H3;2*1,4-7H,2H3;2*1,3-6H;1,3-7H;2*1,3-5H. The van der Waals surface area contributed by atoms with Gasteiger partial charge in [-0.1, -0.05) is 180 Å². The molecule has 0 unspecified atom stereocenters. The Labute approximate surface area is 778 Å². The summed E-state index contributed by atoms with van der Waals surface area (Å²) in [6.45, 7) is 6.76. The van der Waals surface area contributed by atoms with Crippen molar-refractivity contribution in [3.63, 3.8) is 0 Å². The van der Waals surface area contributed by atoms with E-state index in [1.807, 2.05) is 127 Å². The molecule has 2 aromatic heterocycles. The highest BCUT2D eigenvalue weighted by molar-refractivity contribution is 9.10. The number of hydrogen-bond donors (Lipinski definition) is 0. The molecular formula is C111H79BrClF3O14S. The van der Waals surface area contributed by atoms with Crippen molar-refractivity contribution in [1.29, 1.82) is 0 Å². The number of aryl methyl sites for hydroxylation is 2. The van der Waals surface area contributed by atoms with Gasteiger partial charge in [-0.2, -0.15) is 13.2 Å². The molecule has 2 heterocycles. The molecule has 13 rings (SSSR count). The van der Waals surface area contributed by atoms with Crippen LogP contribution in [0.5, 0.6) is 11.5 Å². The number of thiophene rings is 1. The second-order valence-corrected chi connectivity index (χ2v) is 28.2. The first kappa shape index (κ1) is 108. The van der Waals surface area contributed by atoms with Gasteiger partial charge in [0.25, 0.3) is 5.78 Å². The number of halogens is 5. The van der Waals surface area contributed by atoms with Crippen LogP contribution in [0.1, 0.15) is 167 Å². The van der Waals surface area contributed by atoms with Crippen molar-refractivity contribution in [2.45, 2.75) is 52.6 Å². The molecule has 10 aromatic carbocycles. The van der Waals surface area contributed by atoms with E-state index >= 15 is 0 Å². The summed E-state index contributed by atoms with van der Waals surface area (Å²) in [6.07, 6.45) is 55.5. The van der Waals surface area contributed by atoms with Crippen LogP contribution in [0.2, 0.25) is 5.02 Å². The van der Waals surface area contributed by atoms with Crippen LogP contribution in [-0.2, 0) is 12.6 Å². The maximum Gasteiger partial charge on any atom is 0.416 e. The average Bonchev–Trinajstić information content (AvgIpc) is 1.64. The van der Waals surface area contributed by atoms with Gasteiger partial charge < -0.3 is 13.9 Å². The maximum absolute atomic E-state index is 12.1. The lowest BCUT2D eigenvalue weighted by atomic mass is 10.0. The van der Waals surface area contributed by atoms with Gasteiger partial charge in [0, 0.05) is 59.6 Å². The third-order valence-electron chi connectivity index (χ3n) is 16.8. The lowest BCUT2D eigenvalue weighted by Gasteiger charge is -2.05. The Morgan fingerprint density at radius 2 is 0.771 bits per heavy atom. The number of unbranched alkanes of at least 4 members (excludes halogenated alkanes) is 2. The van der Waals surface area contributed by atoms with Crippen molar-refractivity contribution in [3.05, 3.63) is 377 Å². The highest BCUT2D eigenvalue weighted by Gasteiger charge is 2.30. The number of carbonyl (C=O) groups is 11. The molecule has 1 aliphatic rings. The second kappa shape index (κ2) is 59.7. The first-order valence-electron chi connectivity index (χ1n) is 38.4. The van der Waals surface area contributed by atoms with Gasteiger partial charge in [0.05, 0.1) is 30.4 Å². The minimum atomic E-state index is -4.39. The van der Waals surface area contributed by atoms with Crippen molar-refractivity contribution in [3.8, 4) is 158 Å². The van der Waals surface area contributed by atoms with Crippen molar-refractivity contribution >= 4 is 102 Å². The Morgan fingerprint density at radius 3 is 1.19 bits per heavy atom. The normalized spacial score (nSPS) is 9.30. The fourth-order valence-electron chi connectivity index (χ4n) is 10.1. The summed E-state index contributed by atoms with van der Waals surface area (Å²) in [4.78, 5) is 121. The van der Waals surface area contributed by atoms with Crippen LogP contribution in [-0.4, -0.2) is 77.3 Å². The number of Topliss-reactive ketones (excluding diaryl/α,β-unsaturated/α-hetero) is 11. The van der Waals surface area contributed by atoms with Gasteiger partial charge in [0.2, 0.25) is 57.8 Å². The van der Waals surface area contributed by atoms with E-state index in [0.717, 1.165) is 65.1 Å². The molecule has 0 spiro atoms. The SMILES string of the molecule is C#CC(=O)c1ccc(C(F)(F)F)cc1.C#CC(=O)c1ccc(C)cc1.C#CC(=O)c1ccc(Cl)cc1.C#CC(=O)c1ccc(OC)cc1.C#CC(=O)c1ccc(OCCCCC)cc1.C#CC(=O)c1ccc2c(c1)Cc1ccccc1-2.C#CC(=O)c1cccc(Br)c1.C#CC(=O)c1cccc(C)c1.C#CC(=O)c1ccccc1.C#CC(=O)c1ccco1.C#CC(=O)c1cccs1. The van der Waals surface area contributed by atoms with Crippen LogP contribution >= 0.6 is 38.9 Å². The number of alkyl halides is 3. The molecule has 0 fully saturated rings. The summed E-state index contributed by atoms with van der Waals surface area (Å²) in [5.41, 5.74) is 10.9. The van der Waals surface area contributed by atoms with E-state index in [1.165, 1.54) is 58.8 Å². The molecule has 0 N–H and O–H groups in total. The summed E-state index contributed by atoms with van der Waals surface area (Å²) in [7, 11) is 1.57. The summed E-state index contributed by atoms with van der Waals surface area (Å²) in [5.74, 6) is 20.5. The van der Waals surface area contributed by atoms with Gasteiger partial charge in [0.1, 0.15) is 11.5 Å². The summed E-state index contributed by atoms with van der Waals surface area (Å²) in [5, 5.41) is 2.42. The van der Waals surface area contributed by atoms with Crippen LogP contribution in [0.3, 0.4) is 0 Å². The van der Waals surface area contributed by atoms with Crippen molar-refractivity contribution in [1.82, 2.24) is 0 Å². The van der Waals surface area contributed by atoms with Crippen LogP contribution in [0, 0.1) is 150 Å². The average molecular weight is 1840 g/mol. The molecule has 0 bridgehead atoms. The summed E-state index contributed by atoms with van der Waals surface area (Å²) < 4.78 is 52.2. The summed E-state index contributed by atoms with van der Waals surface area (Å²) >= 11 is 10.2. The number of rotatable bonds is 17. The lowest BCUT2D eigenvalue weighted by molar-refractivity contribution is -0.137.